The Morgan fingerprint density at radius 1 is 1.06 bits per heavy atom. The molecule has 2 fully saturated rings. The lowest BCUT2D eigenvalue weighted by atomic mass is 9.95. The summed E-state index contributed by atoms with van der Waals surface area (Å²) in [4.78, 5) is 20.5. The molecule has 5 heteroatoms. The van der Waals surface area contributed by atoms with Gasteiger partial charge >= 0.3 is 0 Å². The van der Waals surface area contributed by atoms with E-state index in [1.807, 2.05) is 35.2 Å². The molecule has 0 spiro atoms. The number of nitriles is 1. The highest BCUT2D eigenvalue weighted by Crippen LogP contribution is 2.34. The van der Waals surface area contributed by atoms with E-state index in [1.54, 1.807) is 6.07 Å². The second-order valence-corrected chi connectivity index (χ2v) is 9.27. The van der Waals surface area contributed by atoms with Crippen LogP contribution in [0.5, 0.6) is 0 Å². The Bertz CT molecular complexity index is 965. The van der Waals surface area contributed by atoms with Crippen molar-refractivity contribution >= 4 is 11.6 Å². The van der Waals surface area contributed by atoms with Gasteiger partial charge in [-0.3, -0.25) is 4.79 Å². The highest BCUT2D eigenvalue weighted by atomic mass is 16.2. The molecule has 1 amide bonds. The van der Waals surface area contributed by atoms with Gasteiger partial charge in [0.2, 0.25) is 0 Å². The molecular weight excluding hydrogens is 384 g/mol. The lowest BCUT2D eigenvalue weighted by Crippen LogP contribution is -2.49. The van der Waals surface area contributed by atoms with Gasteiger partial charge in [0.05, 0.1) is 28.9 Å². The summed E-state index contributed by atoms with van der Waals surface area (Å²) in [6.45, 7) is 8.78. The van der Waals surface area contributed by atoms with Crippen molar-refractivity contribution < 1.29 is 4.79 Å². The summed E-state index contributed by atoms with van der Waals surface area (Å²) in [5, 5.41) is 9.47. The maximum atomic E-state index is 13.9. The van der Waals surface area contributed by atoms with Crippen LogP contribution >= 0.6 is 0 Å². The number of hydrogen-bond acceptors (Lipinski definition) is 4. The summed E-state index contributed by atoms with van der Waals surface area (Å²) in [6.07, 6.45) is 1.13. The van der Waals surface area contributed by atoms with Crippen LogP contribution in [-0.2, 0) is 0 Å². The van der Waals surface area contributed by atoms with Gasteiger partial charge in [-0.05, 0) is 49.1 Å². The molecular formula is C26H32N4O. The smallest absolute Gasteiger partial charge is 0.256 e. The largest absolute Gasteiger partial charge is 0.371 e. The summed E-state index contributed by atoms with van der Waals surface area (Å²) in [6, 6.07) is 18.1. The Morgan fingerprint density at radius 3 is 2.52 bits per heavy atom. The minimum atomic E-state index is 0.0259. The first-order valence-corrected chi connectivity index (χ1v) is 11.3. The predicted octanol–water partition coefficient (Wildman–Crippen LogP) is 4.17. The molecule has 0 radical (unpaired) electrons. The first-order valence-electron chi connectivity index (χ1n) is 11.3. The third-order valence-electron chi connectivity index (χ3n) is 6.89. The van der Waals surface area contributed by atoms with E-state index in [-0.39, 0.29) is 11.9 Å². The second-order valence-electron chi connectivity index (χ2n) is 9.27. The third-order valence-corrected chi connectivity index (χ3v) is 6.89. The zero-order valence-electron chi connectivity index (χ0n) is 18.8. The molecule has 2 aliphatic rings. The van der Waals surface area contributed by atoms with Crippen LogP contribution in [0.2, 0.25) is 0 Å². The molecule has 2 aromatic carbocycles. The zero-order chi connectivity index (χ0) is 22.0. The highest BCUT2D eigenvalue weighted by Gasteiger charge is 2.34. The topological polar surface area (TPSA) is 50.6 Å². The van der Waals surface area contributed by atoms with Crippen LogP contribution in [-0.4, -0.2) is 55.5 Å². The van der Waals surface area contributed by atoms with Crippen LogP contribution in [0.3, 0.4) is 0 Å². The average Bonchev–Trinajstić information content (AvgIpc) is 3.29. The van der Waals surface area contributed by atoms with Gasteiger partial charge in [0.25, 0.3) is 5.91 Å². The van der Waals surface area contributed by atoms with Gasteiger partial charge in [-0.15, -0.1) is 0 Å². The van der Waals surface area contributed by atoms with E-state index in [4.69, 9.17) is 0 Å². The van der Waals surface area contributed by atoms with E-state index in [0.29, 0.717) is 29.5 Å². The van der Waals surface area contributed by atoms with Gasteiger partial charge in [0.1, 0.15) is 0 Å². The molecule has 2 aromatic rings. The van der Waals surface area contributed by atoms with Crippen molar-refractivity contribution in [2.75, 3.05) is 44.7 Å². The molecule has 2 saturated heterocycles. The van der Waals surface area contributed by atoms with Crippen LogP contribution in [0.1, 0.15) is 47.8 Å². The number of piperazine rings is 1. The van der Waals surface area contributed by atoms with Crippen LogP contribution < -0.4 is 4.90 Å². The Kier molecular flexibility index (Phi) is 6.29. The second kappa shape index (κ2) is 9.11. The lowest BCUT2D eigenvalue weighted by Gasteiger charge is -2.41. The maximum absolute atomic E-state index is 13.9. The summed E-state index contributed by atoms with van der Waals surface area (Å²) in [5.41, 5.74) is 3.41. The van der Waals surface area contributed by atoms with Crippen molar-refractivity contribution in [3.8, 4) is 6.07 Å². The summed E-state index contributed by atoms with van der Waals surface area (Å²) < 4.78 is 0. The number of hydrogen-bond donors (Lipinski definition) is 0. The van der Waals surface area contributed by atoms with Gasteiger partial charge in [-0.2, -0.15) is 5.26 Å². The first-order chi connectivity index (χ1) is 15.0. The van der Waals surface area contributed by atoms with E-state index in [9.17, 15) is 10.1 Å². The third kappa shape index (κ3) is 4.45. The van der Waals surface area contributed by atoms with Crippen LogP contribution in [0.25, 0.3) is 0 Å². The van der Waals surface area contributed by atoms with Gasteiger partial charge in [-0.1, -0.05) is 44.2 Å². The molecule has 0 N–H and O–H groups in total. The Balaban J connectivity index is 1.68. The van der Waals surface area contributed by atoms with Gasteiger partial charge in [-0.25, -0.2) is 0 Å². The highest BCUT2D eigenvalue weighted by molar-refractivity contribution is 6.00. The van der Waals surface area contributed by atoms with Crippen LogP contribution in [0.15, 0.2) is 48.5 Å². The molecule has 31 heavy (non-hydrogen) atoms. The molecule has 0 aromatic heterocycles. The number of rotatable bonds is 4. The maximum Gasteiger partial charge on any atom is 0.256 e. The minimum absolute atomic E-state index is 0.0259. The normalized spacial score (nSPS) is 22.0. The number of nitrogens with zero attached hydrogens (tertiary/aromatic N) is 4. The predicted molar refractivity (Wildman–Crippen MR) is 124 cm³/mol. The summed E-state index contributed by atoms with van der Waals surface area (Å²) >= 11 is 0. The van der Waals surface area contributed by atoms with E-state index in [1.165, 1.54) is 5.56 Å². The Hall–Kier alpha value is -2.84. The number of anilines is 1. The summed E-state index contributed by atoms with van der Waals surface area (Å²) in [5.74, 6) is 1.30. The molecule has 162 valence electrons. The fourth-order valence-electron chi connectivity index (χ4n) is 4.87. The molecule has 2 aliphatic heterocycles. The average molecular weight is 417 g/mol. The first kappa shape index (κ1) is 21.4. The van der Waals surface area contributed by atoms with Crippen molar-refractivity contribution in [2.24, 2.45) is 11.8 Å². The standard InChI is InChI=1S/C26H32N4O/c1-19(2)22-11-12-29(17-22)24-15-20(16-27)9-10-23(24)26(31)30-14-13-28(3)18-25(30)21-7-5-4-6-8-21/h4-10,15,19,22,25H,11-14,17-18H2,1-3H3. The van der Waals surface area contributed by atoms with Crippen molar-refractivity contribution in [3.05, 3.63) is 65.2 Å². The van der Waals surface area contributed by atoms with E-state index >= 15 is 0 Å². The SMILES string of the molecule is CC(C)C1CCN(c2cc(C#N)ccc2C(=O)N2CCN(C)CC2c2ccccc2)C1. The fourth-order valence-corrected chi connectivity index (χ4v) is 4.87. The molecule has 0 bridgehead atoms. The van der Waals surface area contributed by atoms with Crippen LogP contribution in [0.4, 0.5) is 5.69 Å². The van der Waals surface area contributed by atoms with Crippen LogP contribution in [0, 0.1) is 23.2 Å². The van der Waals surface area contributed by atoms with Gasteiger partial charge < -0.3 is 14.7 Å². The van der Waals surface area contributed by atoms with E-state index in [0.717, 1.165) is 38.3 Å². The minimum Gasteiger partial charge on any atom is -0.371 e. The Labute approximate surface area is 185 Å². The molecule has 0 saturated carbocycles. The monoisotopic (exact) mass is 416 g/mol. The number of carbonyl (C=O) groups is 1. The number of amides is 1. The molecule has 5 nitrogen and oxygen atoms in total. The molecule has 2 heterocycles. The van der Waals surface area contributed by atoms with E-state index < -0.39 is 0 Å². The Morgan fingerprint density at radius 2 is 1.84 bits per heavy atom. The van der Waals surface area contributed by atoms with Crippen molar-refractivity contribution in [2.45, 2.75) is 26.3 Å². The quantitative estimate of drug-likeness (QED) is 0.751. The zero-order valence-corrected chi connectivity index (χ0v) is 18.8. The molecule has 2 unspecified atom stereocenters. The molecule has 2 atom stereocenters. The summed E-state index contributed by atoms with van der Waals surface area (Å²) in [7, 11) is 2.11. The van der Waals surface area contributed by atoms with E-state index in [2.05, 4.69) is 48.9 Å². The molecule has 0 aliphatic carbocycles. The number of benzene rings is 2. The lowest BCUT2D eigenvalue weighted by molar-refractivity contribution is 0.0498. The van der Waals surface area contributed by atoms with Gasteiger partial charge in [0.15, 0.2) is 0 Å². The van der Waals surface area contributed by atoms with Crippen molar-refractivity contribution in [1.82, 2.24) is 9.80 Å². The van der Waals surface area contributed by atoms with Crippen molar-refractivity contribution in [1.29, 1.82) is 5.26 Å². The number of likely N-dealkylation sites (N-methyl/N-ethyl adjacent to an activating group) is 1. The van der Waals surface area contributed by atoms with Gasteiger partial charge in [0, 0.05) is 32.7 Å². The fraction of sp³-hybridized carbons (Fsp3) is 0.462. The van der Waals surface area contributed by atoms with Crippen molar-refractivity contribution in [3.63, 3.8) is 0 Å². The number of carbonyl (C=O) groups excluding carboxylic acids is 1. The molecule has 4 rings (SSSR count).